The van der Waals surface area contributed by atoms with Gasteiger partial charge in [0.1, 0.15) is 12.4 Å². The predicted molar refractivity (Wildman–Crippen MR) is 188 cm³/mol. The van der Waals surface area contributed by atoms with E-state index in [9.17, 15) is 14.7 Å². The topological polar surface area (TPSA) is 115 Å². The molecule has 0 saturated carbocycles. The number of aromatic nitrogens is 1. The van der Waals surface area contributed by atoms with Crippen LogP contribution in [0, 0.1) is 0 Å². The minimum absolute atomic E-state index is 0.234. The number of aliphatic hydroxyl groups is 1. The third-order valence-electron chi connectivity index (χ3n) is 7.89. The van der Waals surface area contributed by atoms with Gasteiger partial charge in [0.05, 0.1) is 17.3 Å². The van der Waals surface area contributed by atoms with Gasteiger partial charge in [0.15, 0.2) is 0 Å². The number of rotatable bonds is 12. The number of hydrogen-bond donors (Lipinski definition) is 5. The van der Waals surface area contributed by atoms with Crippen molar-refractivity contribution >= 4 is 28.3 Å². The van der Waals surface area contributed by atoms with Gasteiger partial charge < -0.3 is 30.8 Å². The molecular weight excluding hydrogens is 588 g/mol. The molecule has 236 valence electrons. The number of carbonyl (C=O) groups excluding carboxylic acids is 1. The second kappa shape index (κ2) is 15.1. The fourth-order valence-electron chi connectivity index (χ4n) is 5.48. The van der Waals surface area contributed by atoms with Gasteiger partial charge in [-0.3, -0.25) is 4.79 Å². The summed E-state index contributed by atoms with van der Waals surface area (Å²) in [4.78, 5) is 27.8. The molecule has 1 atom stereocenters. The maximum absolute atomic E-state index is 12.8. The Labute approximate surface area is 273 Å². The number of fused-ring (bicyclic) bond motifs is 1. The van der Waals surface area contributed by atoms with Crippen molar-refractivity contribution in [1.29, 1.82) is 0 Å². The van der Waals surface area contributed by atoms with Crippen LogP contribution in [0.4, 0.5) is 16.2 Å². The monoisotopic (exact) mass is 624 g/mol. The first-order chi connectivity index (χ1) is 23.0. The lowest BCUT2D eigenvalue weighted by Crippen LogP contribution is -2.24. The summed E-state index contributed by atoms with van der Waals surface area (Å²) >= 11 is 0. The Morgan fingerprint density at radius 2 is 1.47 bits per heavy atom. The molecule has 8 heteroatoms. The number of H-pyrrole nitrogens is 1. The maximum atomic E-state index is 12.8. The number of amides is 2. The van der Waals surface area contributed by atoms with E-state index < -0.39 is 6.10 Å². The van der Waals surface area contributed by atoms with E-state index in [1.807, 2.05) is 115 Å². The van der Waals surface area contributed by atoms with Gasteiger partial charge in [0.25, 0.3) is 0 Å². The summed E-state index contributed by atoms with van der Waals surface area (Å²) < 4.78 is 6.03. The molecule has 1 heterocycles. The number of carbonyl (C=O) groups is 1. The molecule has 2 amide bonds. The van der Waals surface area contributed by atoms with Crippen LogP contribution in [0.1, 0.15) is 22.8 Å². The number of urea groups is 1. The molecule has 0 spiro atoms. The molecule has 6 aromatic rings. The summed E-state index contributed by atoms with van der Waals surface area (Å²) in [5.41, 5.74) is 6.54. The van der Waals surface area contributed by atoms with Gasteiger partial charge in [0, 0.05) is 29.2 Å². The van der Waals surface area contributed by atoms with E-state index >= 15 is 0 Å². The van der Waals surface area contributed by atoms with E-state index in [-0.39, 0.29) is 11.6 Å². The van der Waals surface area contributed by atoms with E-state index in [2.05, 4.69) is 20.9 Å². The van der Waals surface area contributed by atoms with Crippen molar-refractivity contribution in [3.05, 3.63) is 161 Å². The highest BCUT2D eigenvalue weighted by Gasteiger charge is 2.15. The van der Waals surface area contributed by atoms with Crippen LogP contribution >= 0.6 is 0 Å². The summed E-state index contributed by atoms with van der Waals surface area (Å²) in [5.74, 6) is 0.554. The Morgan fingerprint density at radius 3 is 2.26 bits per heavy atom. The molecule has 0 aliphatic rings. The van der Waals surface area contributed by atoms with Crippen molar-refractivity contribution in [2.75, 3.05) is 23.7 Å². The minimum Gasteiger partial charge on any atom is -0.487 e. The van der Waals surface area contributed by atoms with E-state index in [1.165, 1.54) is 6.07 Å². The van der Waals surface area contributed by atoms with Gasteiger partial charge >= 0.3 is 6.03 Å². The maximum Gasteiger partial charge on any atom is 0.323 e. The summed E-state index contributed by atoms with van der Waals surface area (Å²) in [6, 6.07) is 41.7. The van der Waals surface area contributed by atoms with Crippen LogP contribution in [0.2, 0.25) is 0 Å². The normalized spacial score (nSPS) is 11.6. The van der Waals surface area contributed by atoms with Crippen molar-refractivity contribution in [2.24, 2.45) is 0 Å². The van der Waals surface area contributed by atoms with E-state index in [1.54, 1.807) is 12.1 Å². The number of ether oxygens (including phenoxy) is 1. The molecule has 8 nitrogen and oxygen atoms in total. The number of anilines is 2. The van der Waals surface area contributed by atoms with E-state index in [0.717, 1.165) is 39.7 Å². The first-order valence-electron chi connectivity index (χ1n) is 15.6. The smallest absolute Gasteiger partial charge is 0.323 e. The third-order valence-corrected chi connectivity index (χ3v) is 7.89. The lowest BCUT2D eigenvalue weighted by molar-refractivity contribution is 0.176. The highest BCUT2D eigenvalue weighted by atomic mass is 16.5. The molecule has 0 aliphatic heterocycles. The van der Waals surface area contributed by atoms with Gasteiger partial charge in [-0.15, -0.1) is 0 Å². The molecular formula is C39H36N4O4. The summed E-state index contributed by atoms with van der Waals surface area (Å²) in [6.45, 7) is 1.35. The number of nitrogens with one attached hydrogen (secondary N) is 4. The molecule has 0 fully saturated rings. The zero-order chi connectivity index (χ0) is 32.4. The predicted octanol–water partition coefficient (Wildman–Crippen LogP) is 7.28. The largest absolute Gasteiger partial charge is 0.487 e. The molecule has 1 aromatic heterocycles. The van der Waals surface area contributed by atoms with Crippen LogP contribution in [0.15, 0.2) is 138 Å². The van der Waals surface area contributed by atoms with Crippen LogP contribution in [0.5, 0.6) is 5.75 Å². The van der Waals surface area contributed by atoms with Crippen molar-refractivity contribution in [1.82, 2.24) is 10.3 Å². The molecule has 0 bridgehead atoms. The lowest BCUT2D eigenvalue weighted by atomic mass is 10.0. The van der Waals surface area contributed by atoms with Crippen LogP contribution in [0.3, 0.4) is 0 Å². The number of aliphatic hydroxyl groups excluding tert-OH is 1. The SMILES string of the molecule is O=C(Nc1ccc(CCNC[C@H](O)c2ccc(OCc3ccccc3)c3[nH]c(=O)ccc23)cc1)Nc1ccccc1-c1ccccc1. The number of benzene rings is 5. The Bertz CT molecular complexity index is 1990. The lowest BCUT2D eigenvalue weighted by Gasteiger charge is -2.17. The zero-order valence-electron chi connectivity index (χ0n) is 25.8. The number of aromatic amines is 1. The Kier molecular flexibility index (Phi) is 10.0. The second-order valence-corrected chi connectivity index (χ2v) is 11.2. The van der Waals surface area contributed by atoms with Gasteiger partial charge in [0.2, 0.25) is 5.56 Å². The molecule has 0 radical (unpaired) electrons. The fraction of sp³-hybridized carbons (Fsp3) is 0.128. The van der Waals surface area contributed by atoms with E-state index in [0.29, 0.717) is 42.2 Å². The number of hydrogen-bond acceptors (Lipinski definition) is 5. The van der Waals surface area contributed by atoms with Crippen molar-refractivity contribution in [3.8, 4) is 16.9 Å². The molecule has 5 N–H and O–H groups in total. The summed E-state index contributed by atoms with van der Waals surface area (Å²) in [6.07, 6.45) is -0.0482. The average molecular weight is 625 g/mol. The molecule has 0 aliphatic carbocycles. The zero-order valence-corrected chi connectivity index (χ0v) is 25.8. The van der Waals surface area contributed by atoms with Crippen molar-refractivity contribution < 1.29 is 14.6 Å². The first kappa shape index (κ1) is 31.3. The Balaban J connectivity index is 1.00. The third kappa shape index (κ3) is 8.12. The highest BCUT2D eigenvalue weighted by Crippen LogP contribution is 2.30. The van der Waals surface area contributed by atoms with Crippen LogP contribution < -0.4 is 26.2 Å². The molecule has 0 saturated heterocycles. The highest BCUT2D eigenvalue weighted by molar-refractivity contribution is 6.02. The molecule has 0 unspecified atom stereocenters. The molecule has 47 heavy (non-hydrogen) atoms. The Morgan fingerprint density at radius 1 is 0.745 bits per heavy atom. The van der Waals surface area contributed by atoms with Crippen molar-refractivity contribution in [2.45, 2.75) is 19.1 Å². The quantitative estimate of drug-likeness (QED) is 0.0918. The van der Waals surface area contributed by atoms with E-state index in [4.69, 9.17) is 4.74 Å². The van der Waals surface area contributed by atoms with Crippen LogP contribution in [0.25, 0.3) is 22.0 Å². The van der Waals surface area contributed by atoms with Gasteiger partial charge in [-0.05, 0) is 65.6 Å². The van der Waals surface area contributed by atoms with Gasteiger partial charge in [-0.25, -0.2) is 4.79 Å². The Hall–Kier alpha value is -5.70. The fourth-order valence-corrected chi connectivity index (χ4v) is 5.48. The second-order valence-electron chi connectivity index (χ2n) is 11.2. The van der Waals surface area contributed by atoms with Crippen LogP contribution in [-0.2, 0) is 13.0 Å². The summed E-state index contributed by atoms with van der Waals surface area (Å²) in [5, 5.41) is 21.0. The van der Waals surface area contributed by atoms with Gasteiger partial charge in [-0.1, -0.05) is 97.1 Å². The molecule has 5 aromatic carbocycles. The summed E-state index contributed by atoms with van der Waals surface area (Å²) in [7, 11) is 0. The number of para-hydroxylation sites is 1. The standard InChI is InChI=1S/C39H36N4O4/c44-35(32-19-21-36(38-33(32)20-22-37(45)43-38)47-26-28-9-3-1-4-10-28)25-40-24-23-27-15-17-30(18-16-27)41-39(46)42-34-14-8-7-13-31(34)29-11-5-2-6-12-29/h1-22,35,40,44H,23-26H2,(H,43,45)(H2,41,42,46)/t35-/m0/s1. The number of pyridine rings is 1. The first-order valence-corrected chi connectivity index (χ1v) is 15.6. The molecule has 6 rings (SSSR count). The average Bonchev–Trinajstić information content (AvgIpc) is 3.10. The minimum atomic E-state index is -0.788. The van der Waals surface area contributed by atoms with Gasteiger partial charge in [-0.2, -0.15) is 0 Å². The van der Waals surface area contributed by atoms with Crippen molar-refractivity contribution in [3.63, 3.8) is 0 Å². The van der Waals surface area contributed by atoms with Crippen LogP contribution in [-0.4, -0.2) is 29.2 Å².